The van der Waals surface area contributed by atoms with Crippen molar-refractivity contribution in [3.8, 4) is 0 Å². The van der Waals surface area contributed by atoms with Gasteiger partial charge in [0.15, 0.2) is 0 Å². The highest BCUT2D eigenvalue weighted by atomic mass is 16.4. The van der Waals surface area contributed by atoms with Gasteiger partial charge in [0.2, 0.25) is 0 Å². The van der Waals surface area contributed by atoms with E-state index in [0.29, 0.717) is 17.6 Å². The summed E-state index contributed by atoms with van der Waals surface area (Å²) in [5.41, 5.74) is 3.73. The molecule has 0 unspecified atom stereocenters. The molecule has 4 rings (SSSR count). The number of allylic oxidation sites excluding steroid dienone is 1. The molecule has 1 N–H and O–H groups in total. The molecule has 25 heavy (non-hydrogen) atoms. The average molecular weight is 333 g/mol. The molecule has 0 atom stereocenters. The molecular weight excluding hydrogens is 318 g/mol. The Hall–Kier alpha value is -3.28. The SMILES string of the molecule is O=C(O)c1ccc2nc3c(c(=O)n2c1)CCC/C3=C/c1ccncc1. The third-order valence-corrected chi connectivity index (χ3v) is 4.39. The molecule has 0 amide bonds. The van der Waals surface area contributed by atoms with E-state index in [1.165, 1.54) is 16.7 Å². The largest absolute Gasteiger partial charge is 0.478 e. The minimum atomic E-state index is -1.07. The zero-order valence-corrected chi connectivity index (χ0v) is 13.3. The van der Waals surface area contributed by atoms with Crippen molar-refractivity contribution in [2.24, 2.45) is 0 Å². The van der Waals surface area contributed by atoms with E-state index in [1.54, 1.807) is 18.5 Å². The Kier molecular flexibility index (Phi) is 3.65. The molecule has 3 heterocycles. The van der Waals surface area contributed by atoms with Crippen LogP contribution in [0.25, 0.3) is 17.3 Å². The molecule has 3 aromatic rings. The number of nitrogens with zero attached hydrogens (tertiary/aromatic N) is 3. The first-order valence-corrected chi connectivity index (χ1v) is 8.03. The summed E-state index contributed by atoms with van der Waals surface area (Å²) in [7, 11) is 0. The molecular formula is C19H15N3O3. The van der Waals surface area contributed by atoms with Crippen molar-refractivity contribution in [1.82, 2.24) is 14.4 Å². The van der Waals surface area contributed by atoms with Gasteiger partial charge in [-0.1, -0.05) is 0 Å². The quantitative estimate of drug-likeness (QED) is 0.779. The maximum absolute atomic E-state index is 12.8. The first-order chi connectivity index (χ1) is 12.1. The van der Waals surface area contributed by atoms with Crippen molar-refractivity contribution >= 4 is 23.3 Å². The van der Waals surface area contributed by atoms with E-state index in [4.69, 9.17) is 5.11 Å². The summed E-state index contributed by atoms with van der Waals surface area (Å²) in [5, 5.41) is 9.13. The second-order valence-corrected chi connectivity index (χ2v) is 6.00. The lowest BCUT2D eigenvalue weighted by molar-refractivity contribution is 0.0696. The zero-order chi connectivity index (χ0) is 17.4. The van der Waals surface area contributed by atoms with Crippen molar-refractivity contribution < 1.29 is 9.90 Å². The lowest BCUT2D eigenvalue weighted by Crippen LogP contribution is -2.25. The fourth-order valence-electron chi connectivity index (χ4n) is 3.17. The van der Waals surface area contributed by atoms with Gasteiger partial charge in [-0.05, 0) is 60.7 Å². The van der Waals surface area contributed by atoms with E-state index in [9.17, 15) is 9.59 Å². The molecule has 0 fully saturated rings. The van der Waals surface area contributed by atoms with Crippen LogP contribution in [0, 0.1) is 0 Å². The van der Waals surface area contributed by atoms with E-state index in [2.05, 4.69) is 9.97 Å². The minimum absolute atomic E-state index is 0.0692. The molecule has 0 saturated heterocycles. The second kappa shape index (κ2) is 5.98. The normalized spacial score (nSPS) is 15.3. The fourth-order valence-corrected chi connectivity index (χ4v) is 3.17. The highest BCUT2D eigenvalue weighted by Crippen LogP contribution is 2.29. The first-order valence-electron chi connectivity index (χ1n) is 8.03. The summed E-state index contributed by atoms with van der Waals surface area (Å²) in [6, 6.07) is 6.86. The smallest absolute Gasteiger partial charge is 0.337 e. The van der Waals surface area contributed by atoms with Crippen LogP contribution in [0.4, 0.5) is 0 Å². The summed E-state index contributed by atoms with van der Waals surface area (Å²) in [6.45, 7) is 0. The third kappa shape index (κ3) is 2.71. The van der Waals surface area contributed by atoms with Gasteiger partial charge in [0, 0.05) is 24.2 Å². The van der Waals surface area contributed by atoms with Crippen molar-refractivity contribution in [3.63, 3.8) is 0 Å². The zero-order valence-electron chi connectivity index (χ0n) is 13.3. The molecule has 3 aromatic heterocycles. The number of fused-ring (bicyclic) bond motifs is 2. The van der Waals surface area contributed by atoms with Gasteiger partial charge in [0.1, 0.15) is 5.65 Å². The van der Waals surface area contributed by atoms with E-state index in [-0.39, 0.29) is 11.1 Å². The van der Waals surface area contributed by atoms with Crippen LogP contribution in [0.2, 0.25) is 0 Å². The van der Waals surface area contributed by atoms with E-state index >= 15 is 0 Å². The topological polar surface area (TPSA) is 84.6 Å². The highest BCUT2D eigenvalue weighted by molar-refractivity contribution is 5.88. The first kappa shape index (κ1) is 15.3. The van der Waals surface area contributed by atoms with Crippen molar-refractivity contribution in [2.45, 2.75) is 19.3 Å². The Bertz CT molecular complexity index is 1070. The van der Waals surface area contributed by atoms with Crippen LogP contribution in [0.15, 0.2) is 47.7 Å². The van der Waals surface area contributed by atoms with Gasteiger partial charge in [0.25, 0.3) is 5.56 Å². The molecule has 124 valence electrons. The number of hydrogen-bond acceptors (Lipinski definition) is 4. The van der Waals surface area contributed by atoms with E-state index < -0.39 is 5.97 Å². The number of hydrogen-bond donors (Lipinski definition) is 1. The molecule has 0 bridgehead atoms. The van der Waals surface area contributed by atoms with Gasteiger partial charge in [-0.3, -0.25) is 14.2 Å². The Morgan fingerprint density at radius 1 is 1.16 bits per heavy atom. The predicted molar refractivity (Wildman–Crippen MR) is 93.5 cm³/mol. The monoisotopic (exact) mass is 333 g/mol. The standard InChI is InChI=1S/C19H15N3O3/c23-18-15-3-1-2-13(10-12-6-8-20-9-7-12)17(15)21-16-5-4-14(19(24)25)11-22(16)18/h4-11H,1-3H2,(H,24,25)/b13-10-. The van der Waals surface area contributed by atoms with Gasteiger partial charge in [-0.15, -0.1) is 0 Å². The van der Waals surface area contributed by atoms with Crippen LogP contribution in [0.1, 0.15) is 40.0 Å². The molecule has 0 spiro atoms. The van der Waals surface area contributed by atoms with Gasteiger partial charge < -0.3 is 5.11 Å². The van der Waals surface area contributed by atoms with E-state index in [1.807, 2.05) is 18.2 Å². The number of aromatic carboxylic acids is 1. The Morgan fingerprint density at radius 3 is 2.72 bits per heavy atom. The summed E-state index contributed by atoms with van der Waals surface area (Å²) in [5.74, 6) is -1.07. The average Bonchev–Trinajstić information content (AvgIpc) is 2.63. The molecule has 0 aliphatic heterocycles. The lowest BCUT2D eigenvalue weighted by Gasteiger charge is -2.18. The number of pyridine rings is 2. The molecule has 1 aliphatic carbocycles. The fraction of sp³-hybridized carbons (Fsp3) is 0.158. The van der Waals surface area contributed by atoms with Crippen molar-refractivity contribution in [2.75, 3.05) is 0 Å². The van der Waals surface area contributed by atoms with Crippen LogP contribution in [-0.2, 0) is 6.42 Å². The maximum Gasteiger partial charge on any atom is 0.337 e. The summed E-state index contributed by atoms with van der Waals surface area (Å²) in [4.78, 5) is 32.6. The van der Waals surface area contributed by atoms with Crippen molar-refractivity contribution in [3.05, 3.63) is 75.6 Å². The number of rotatable bonds is 2. The van der Waals surface area contributed by atoms with Gasteiger partial charge >= 0.3 is 5.97 Å². The minimum Gasteiger partial charge on any atom is -0.478 e. The van der Waals surface area contributed by atoms with Crippen LogP contribution in [0.5, 0.6) is 0 Å². The number of carboxylic acids is 1. The molecule has 0 saturated carbocycles. The van der Waals surface area contributed by atoms with Crippen molar-refractivity contribution in [1.29, 1.82) is 0 Å². The van der Waals surface area contributed by atoms with Gasteiger partial charge in [0.05, 0.1) is 11.3 Å². The van der Waals surface area contributed by atoms with E-state index in [0.717, 1.165) is 29.7 Å². The molecule has 1 aliphatic rings. The van der Waals surface area contributed by atoms with Crippen LogP contribution in [-0.4, -0.2) is 25.4 Å². The Morgan fingerprint density at radius 2 is 1.96 bits per heavy atom. The predicted octanol–water partition coefficient (Wildman–Crippen LogP) is 2.66. The third-order valence-electron chi connectivity index (χ3n) is 4.39. The second-order valence-electron chi connectivity index (χ2n) is 6.00. The van der Waals surface area contributed by atoms with Gasteiger partial charge in [-0.2, -0.15) is 0 Å². The maximum atomic E-state index is 12.8. The highest BCUT2D eigenvalue weighted by Gasteiger charge is 2.21. The molecule has 6 heteroatoms. The van der Waals surface area contributed by atoms with Gasteiger partial charge in [-0.25, -0.2) is 9.78 Å². The van der Waals surface area contributed by atoms with Crippen LogP contribution < -0.4 is 5.56 Å². The lowest BCUT2D eigenvalue weighted by atomic mass is 9.91. The number of carboxylic acid groups (broad SMARTS) is 1. The summed E-state index contributed by atoms with van der Waals surface area (Å²) >= 11 is 0. The number of carbonyl (C=O) groups is 1. The van der Waals surface area contributed by atoms with Crippen LogP contribution >= 0.6 is 0 Å². The Labute approximate surface area is 143 Å². The van der Waals surface area contributed by atoms with Crippen LogP contribution in [0.3, 0.4) is 0 Å². The molecule has 0 aromatic carbocycles. The molecule has 6 nitrogen and oxygen atoms in total. The molecule has 0 radical (unpaired) electrons. The summed E-state index contributed by atoms with van der Waals surface area (Å²) in [6.07, 6.45) is 9.20. The summed E-state index contributed by atoms with van der Waals surface area (Å²) < 4.78 is 1.33. The Balaban J connectivity index is 1.92. The number of aromatic nitrogens is 3.